The van der Waals surface area contributed by atoms with Gasteiger partial charge in [-0.1, -0.05) is 13.8 Å². The van der Waals surface area contributed by atoms with Crippen molar-refractivity contribution in [3.63, 3.8) is 0 Å². The van der Waals surface area contributed by atoms with Crippen LogP contribution in [0.1, 0.15) is 33.1 Å². The van der Waals surface area contributed by atoms with Gasteiger partial charge in [-0.15, -0.1) is 0 Å². The molecule has 1 aliphatic carbocycles. The van der Waals surface area contributed by atoms with Gasteiger partial charge in [0.1, 0.15) is 0 Å². The first-order valence-electron chi connectivity index (χ1n) is 4.44. The van der Waals surface area contributed by atoms with Gasteiger partial charge in [0.15, 0.2) is 0 Å². The fourth-order valence-electron chi connectivity index (χ4n) is 2.46. The van der Waals surface area contributed by atoms with Gasteiger partial charge in [-0.05, 0) is 25.2 Å². The maximum absolute atomic E-state index is 5.65. The Morgan fingerprint density at radius 2 is 1.80 bits per heavy atom. The SMILES string of the molecule is CC(C)C1C2CCCC1O2. The summed E-state index contributed by atoms with van der Waals surface area (Å²) in [6.07, 6.45) is 5.31. The summed E-state index contributed by atoms with van der Waals surface area (Å²) >= 11 is 0. The van der Waals surface area contributed by atoms with Crippen molar-refractivity contribution in [2.45, 2.75) is 45.3 Å². The molecule has 0 aromatic heterocycles. The molecule has 2 atom stereocenters. The fourth-order valence-corrected chi connectivity index (χ4v) is 2.46. The maximum atomic E-state index is 5.65. The minimum atomic E-state index is 0.638. The van der Waals surface area contributed by atoms with Crippen LogP contribution >= 0.6 is 0 Å². The van der Waals surface area contributed by atoms with Crippen molar-refractivity contribution in [1.82, 2.24) is 0 Å². The van der Waals surface area contributed by atoms with E-state index >= 15 is 0 Å². The van der Waals surface area contributed by atoms with E-state index in [1.165, 1.54) is 19.3 Å². The van der Waals surface area contributed by atoms with Crippen molar-refractivity contribution in [1.29, 1.82) is 0 Å². The highest BCUT2D eigenvalue weighted by molar-refractivity contribution is 4.93. The summed E-state index contributed by atoms with van der Waals surface area (Å²) in [6, 6.07) is 0. The molecular weight excluding hydrogens is 124 g/mol. The summed E-state index contributed by atoms with van der Waals surface area (Å²) in [5.41, 5.74) is 0. The summed E-state index contributed by atoms with van der Waals surface area (Å²) in [5.74, 6) is 1.73. The monoisotopic (exact) mass is 140 g/mol. The molecule has 2 unspecified atom stereocenters. The van der Waals surface area contributed by atoms with Crippen molar-refractivity contribution in [3.8, 4) is 0 Å². The van der Waals surface area contributed by atoms with E-state index in [0.29, 0.717) is 12.2 Å². The Balaban J connectivity index is 1.99. The Hall–Kier alpha value is -0.0400. The van der Waals surface area contributed by atoms with Crippen LogP contribution in [0.3, 0.4) is 0 Å². The van der Waals surface area contributed by atoms with Crippen LogP contribution in [0.4, 0.5) is 0 Å². The van der Waals surface area contributed by atoms with E-state index in [0.717, 1.165) is 11.8 Å². The third kappa shape index (κ3) is 0.800. The first kappa shape index (κ1) is 6.66. The summed E-state index contributed by atoms with van der Waals surface area (Å²) in [4.78, 5) is 0. The van der Waals surface area contributed by atoms with Crippen LogP contribution < -0.4 is 0 Å². The molecule has 3 aliphatic rings. The zero-order valence-corrected chi connectivity index (χ0v) is 6.84. The Kier molecular flexibility index (Phi) is 1.48. The van der Waals surface area contributed by atoms with Crippen LogP contribution in [0.2, 0.25) is 0 Å². The number of rotatable bonds is 1. The van der Waals surface area contributed by atoms with Crippen LogP contribution in [0, 0.1) is 11.8 Å². The Labute approximate surface area is 62.8 Å². The summed E-state index contributed by atoms with van der Waals surface area (Å²) in [7, 11) is 0. The smallest absolute Gasteiger partial charge is 0.0634 e. The van der Waals surface area contributed by atoms with E-state index in [9.17, 15) is 0 Å². The molecule has 2 heterocycles. The van der Waals surface area contributed by atoms with Crippen molar-refractivity contribution in [2.75, 3.05) is 0 Å². The molecule has 1 nitrogen and oxygen atoms in total. The standard InChI is InChI=1S/C9H16O/c1-6(2)9-7-4-3-5-8(9)10-7/h6-9H,3-5H2,1-2H3. The number of fused-ring (bicyclic) bond motifs is 2. The lowest BCUT2D eigenvalue weighted by Gasteiger charge is -2.51. The summed E-state index contributed by atoms with van der Waals surface area (Å²) in [5, 5.41) is 0. The molecule has 0 aromatic carbocycles. The van der Waals surface area contributed by atoms with Crippen LogP contribution in [0.15, 0.2) is 0 Å². The van der Waals surface area contributed by atoms with Gasteiger partial charge in [0.25, 0.3) is 0 Å². The number of ether oxygens (including phenoxy) is 1. The van der Waals surface area contributed by atoms with Gasteiger partial charge in [0.05, 0.1) is 12.2 Å². The van der Waals surface area contributed by atoms with Crippen LogP contribution in [-0.4, -0.2) is 12.2 Å². The van der Waals surface area contributed by atoms with Gasteiger partial charge >= 0.3 is 0 Å². The van der Waals surface area contributed by atoms with E-state index in [-0.39, 0.29) is 0 Å². The minimum Gasteiger partial charge on any atom is -0.374 e. The molecule has 1 saturated carbocycles. The number of hydrogen-bond donors (Lipinski definition) is 0. The Morgan fingerprint density at radius 1 is 1.20 bits per heavy atom. The average Bonchev–Trinajstić information content (AvgIpc) is 1.87. The number of hydrogen-bond acceptors (Lipinski definition) is 1. The molecule has 10 heavy (non-hydrogen) atoms. The van der Waals surface area contributed by atoms with E-state index in [4.69, 9.17) is 4.74 Å². The van der Waals surface area contributed by atoms with Crippen molar-refractivity contribution < 1.29 is 4.74 Å². The molecule has 1 heteroatoms. The van der Waals surface area contributed by atoms with Crippen molar-refractivity contribution in [2.24, 2.45) is 11.8 Å². The second-order valence-corrected chi connectivity index (χ2v) is 3.97. The molecule has 0 spiro atoms. The molecule has 2 bridgehead atoms. The highest BCUT2D eigenvalue weighted by atomic mass is 16.5. The molecular formula is C9H16O. The molecule has 3 fully saturated rings. The minimum absolute atomic E-state index is 0.638. The first-order valence-corrected chi connectivity index (χ1v) is 4.44. The average molecular weight is 140 g/mol. The van der Waals surface area contributed by atoms with Gasteiger partial charge in [-0.2, -0.15) is 0 Å². The Morgan fingerprint density at radius 3 is 2.10 bits per heavy atom. The van der Waals surface area contributed by atoms with Gasteiger partial charge in [0, 0.05) is 5.92 Å². The lowest BCUT2D eigenvalue weighted by molar-refractivity contribution is -0.226. The van der Waals surface area contributed by atoms with Crippen LogP contribution in [0.5, 0.6) is 0 Å². The lowest BCUT2D eigenvalue weighted by Crippen LogP contribution is -2.54. The molecule has 2 aliphatic heterocycles. The van der Waals surface area contributed by atoms with Crippen molar-refractivity contribution in [3.05, 3.63) is 0 Å². The van der Waals surface area contributed by atoms with Gasteiger partial charge < -0.3 is 4.74 Å². The normalized spacial score (nSPS) is 45.3. The third-order valence-electron chi connectivity index (χ3n) is 2.96. The van der Waals surface area contributed by atoms with E-state index in [1.807, 2.05) is 0 Å². The molecule has 2 saturated heterocycles. The highest BCUT2D eigenvalue weighted by Gasteiger charge is 2.46. The lowest BCUT2D eigenvalue weighted by atomic mass is 9.72. The predicted molar refractivity (Wildman–Crippen MR) is 40.8 cm³/mol. The van der Waals surface area contributed by atoms with Crippen LogP contribution in [0.25, 0.3) is 0 Å². The predicted octanol–water partition coefficient (Wildman–Crippen LogP) is 2.21. The molecule has 0 radical (unpaired) electrons. The van der Waals surface area contributed by atoms with E-state index in [1.54, 1.807) is 0 Å². The molecule has 58 valence electrons. The zero-order valence-electron chi connectivity index (χ0n) is 6.84. The van der Waals surface area contributed by atoms with Crippen molar-refractivity contribution >= 4 is 0 Å². The second kappa shape index (κ2) is 2.23. The van der Waals surface area contributed by atoms with E-state index in [2.05, 4.69) is 13.8 Å². The fraction of sp³-hybridized carbons (Fsp3) is 1.00. The van der Waals surface area contributed by atoms with Crippen LogP contribution in [-0.2, 0) is 4.74 Å². The van der Waals surface area contributed by atoms with E-state index < -0.39 is 0 Å². The van der Waals surface area contributed by atoms with Gasteiger partial charge in [-0.25, -0.2) is 0 Å². The topological polar surface area (TPSA) is 9.23 Å². The quantitative estimate of drug-likeness (QED) is 0.542. The largest absolute Gasteiger partial charge is 0.374 e. The molecule has 3 rings (SSSR count). The summed E-state index contributed by atoms with van der Waals surface area (Å²) < 4.78 is 5.65. The maximum Gasteiger partial charge on any atom is 0.0634 e. The Bertz CT molecular complexity index is 117. The molecule has 0 aromatic rings. The second-order valence-electron chi connectivity index (χ2n) is 3.97. The third-order valence-corrected chi connectivity index (χ3v) is 2.96. The zero-order chi connectivity index (χ0) is 7.14. The molecule has 0 N–H and O–H groups in total. The van der Waals surface area contributed by atoms with Gasteiger partial charge in [-0.3, -0.25) is 0 Å². The molecule has 0 amide bonds. The highest BCUT2D eigenvalue weighted by Crippen LogP contribution is 2.43. The van der Waals surface area contributed by atoms with Gasteiger partial charge in [0.2, 0.25) is 0 Å². The first-order chi connectivity index (χ1) is 4.79. The summed E-state index contributed by atoms with van der Waals surface area (Å²) in [6.45, 7) is 4.64.